The van der Waals surface area contributed by atoms with Gasteiger partial charge in [-0.1, -0.05) is 6.92 Å². The summed E-state index contributed by atoms with van der Waals surface area (Å²) in [7, 11) is 0. The van der Waals surface area contributed by atoms with Crippen LogP contribution in [-0.2, 0) is 11.3 Å². The standard InChI is InChI=1S/C13H17N5O2S/c1-10-4-2-6-16(8-10)11(19)9-17-13(20)18(15-14-17)12-5-3-7-21-12/h3,5,7,10H,2,4,6,8-9H2,1H3/t10-/m0/s1. The van der Waals surface area contributed by atoms with Gasteiger partial charge in [0.2, 0.25) is 5.91 Å². The summed E-state index contributed by atoms with van der Waals surface area (Å²) in [6, 6.07) is 3.63. The van der Waals surface area contributed by atoms with E-state index < -0.39 is 0 Å². The van der Waals surface area contributed by atoms with Crippen molar-refractivity contribution in [1.29, 1.82) is 0 Å². The molecule has 0 radical (unpaired) electrons. The molecule has 1 saturated heterocycles. The molecule has 3 rings (SSSR count). The number of tetrazole rings is 1. The summed E-state index contributed by atoms with van der Waals surface area (Å²) in [6.07, 6.45) is 2.17. The zero-order valence-corrected chi connectivity index (χ0v) is 12.6. The average Bonchev–Trinajstić information content (AvgIpc) is 3.10. The fourth-order valence-electron chi connectivity index (χ4n) is 2.55. The number of thiophene rings is 1. The Balaban J connectivity index is 1.74. The van der Waals surface area contributed by atoms with Gasteiger partial charge in [0.15, 0.2) is 0 Å². The van der Waals surface area contributed by atoms with Crippen molar-refractivity contribution in [3.63, 3.8) is 0 Å². The third-order valence-electron chi connectivity index (χ3n) is 3.65. The molecule has 0 aromatic carbocycles. The number of piperidine rings is 1. The average molecular weight is 307 g/mol. The molecule has 0 aliphatic carbocycles. The fourth-order valence-corrected chi connectivity index (χ4v) is 3.21. The minimum Gasteiger partial charge on any atom is -0.341 e. The fraction of sp³-hybridized carbons (Fsp3) is 0.538. The van der Waals surface area contributed by atoms with Gasteiger partial charge in [-0.05, 0) is 46.7 Å². The van der Waals surface area contributed by atoms with Crippen LogP contribution in [0.3, 0.4) is 0 Å². The van der Waals surface area contributed by atoms with Gasteiger partial charge in [0.1, 0.15) is 11.5 Å². The summed E-state index contributed by atoms with van der Waals surface area (Å²) >= 11 is 1.40. The van der Waals surface area contributed by atoms with Crippen molar-refractivity contribution in [2.75, 3.05) is 13.1 Å². The lowest BCUT2D eigenvalue weighted by Gasteiger charge is -2.30. The minimum absolute atomic E-state index is 0.0447. The van der Waals surface area contributed by atoms with E-state index in [2.05, 4.69) is 17.4 Å². The van der Waals surface area contributed by atoms with Gasteiger partial charge in [0.25, 0.3) is 0 Å². The molecule has 0 unspecified atom stereocenters. The van der Waals surface area contributed by atoms with Gasteiger partial charge in [0.05, 0.1) is 0 Å². The first kappa shape index (κ1) is 14.0. The van der Waals surface area contributed by atoms with Gasteiger partial charge in [-0.3, -0.25) is 4.79 Å². The van der Waals surface area contributed by atoms with E-state index in [-0.39, 0.29) is 18.1 Å². The Hall–Kier alpha value is -1.96. The summed E-state index contributed by atoms with van der Waals surface area (Å²) in [5, 5.41) is 10.2. The topological polar surface area (TPSA) is 73.0 Å². The van der Waals surface area contributed by atoms with Crippen LogP contribution in [0.5, 0.6) is 0 Å². The number of rotatable bonds is 3. The van der Waals surface area contributed by atoms with Crippen LogP contribution in [0.2, 0.25) is 0 Å². The number of amides is 1. The third kappa shape index (κ3) is 2.90. The molecule has 1 fully saturated rings. The van der Waals surface area contributed by atoms with Crippen LogP contribution in [0, 0.1) is 5.92 Å². The predicted molar refractivity (Wildman–Crippen MR) is 78.5 cm³/mol. The van der Waals surface area contributed by atoms with Crippen molar-refractivity contribution in [2.45, 2.75) is 26.3 Å². The van der Waals surface area contributed by atoms with E-state index in [1.54, 1.807) is 6.07 Å². The lowest BCUT2D eigenvalue weighted by molar-refractivity contribution is -0.133. The maximum Gasteiger partial charge on any atom is 0.369 e. The zero-order valence-electron chi connectivity index (χ0n) is 11.8. The van der Waals surface area contributed by atoms with Gasteiger partial charge in [0, 0.05) is 13.1 Å². The molecule has 8 heteroatoms. The van der Waals surface area contributed by atoms with Crippen LogP contribution < -0.4 is 5.69 Å². The van der Waals surface area contributed by atoms with Crippen molar-refractivity contribution in [1.82, 2.24) is 24.7 Å². The van der Waals surface area contributed by atoms with E-state index in [0.717, 1.165) is 30.6 Å². The molecule has 0 saturated carbocycles. The number of hydrogen-bond donors (Lipinski definition) is 0. The zero-order chi connectivity index (χ0) is 14.8. The second-order valence-electron chi connectivity index (χ2n) is 5.37. The molecular formula is C13H17N5O2S. The quantitative estimate of drug-likeness (QED) is 0.839. The van der Waals surface area contributed by atoms with Crippen molar-refractivity contribution in [2.24, 2.45) is 5.92 Å². The van der Waals surface area contributed by atoms with E-state index in [1.165, 1.54) is 16.0 Å². The summed E-state index contributed by atoms with van der Waals surface area (Å²) in [5.41, 5.74) is -0.379. The molecule has 0 bridgehead atoms. The molecule has 1 atom stereocenters. The summed E-state index contributed by atoms with van der Waals surface area (Å²) in [4.78, 5) is 26.2. The van der Waals surface area contributed by atoms with Crippen molar-refractivity contribution < 1.29 is 4.79 Å². The highest BCUT2D eigenvalue weighted by atomic mass is 32.1. The molecule has 0 N–H and O–H groups in total. The maximum absolute atomic E-state index is 12.3. The van der Waals surface area contributed by atoms with Crippen molar-refractivity contribution in [3.8, 4) is 5.00 Å². The molecule has 21 heavy (non-hydrogen) atoms. The van der Waals surface area contributed by atoms with Crippen LogP contribution in [0.25, 0.3) is 5.00 Å². The second kappa shape index (κ2) is 5.80. The smallest absolute Gasteiger partial charge is 0.341 e. The molecule has 3 heterocycles. The summed E-state index contributed by atoms with van der Waals surface area (Å²) in [6.45, 7) is 3.61. The number of likely N-dealkylation sites (tertiary alicyclic amines) is 1. The normalized spacial score (nSPS) is 18.9. The van der Waals surface area contributed by atoms with Gasteiger partial charge < -0.3 is 4.90 Å². The number of carbonyl (C=O) groups excluding carboxylic acids is 1. The maximum atomic E-state index is 12.3. The predicted octanol–water partition coefficient (Wildman–Crippen LogP) is 0.749. The number of hydrogen-bond acceptors (Lipinski definition) is 5. The molecule has 0 spiro atoms. The van der Waals surface area contributed by atoms with E-state index >= 15 is 0 Å². The van der Waals surface area contributed by atoms with Crippen LogP contribution in [0.4, 0.5) is 0 Å². The number of aromatic nitrogens is 4. The molecule has 112 valence electrons. The largest absolute Gasteiger partial charge is 0.369 e. The third-order valence-corrected chi connectivity index (χ3v) is 4.49. The Bertz CT molecular complexity index is 675. The van der Waals surface area contributed by atoms with Gasteiger partial charge in [-0.15, -0.1) is 11.3 Å². The van der Waals surface area contributed by atoms with Gasteiger partial charge in [-0.25, -0.2) is 4.79 Å². The van der Waals surface area contributed by atoms with Crippen LogP contribution in [0.15, 0.2) is 22.3 Å². The van der Waals surface area contributed by atoms with Crippen molar-refractivity contribution >= 4 is 17.2 Å². The highest BCUT2D eigenvalue weighted by Crippen LogP contribution is 2.15. The van der Waals surface area contributed by atoms with Crippen molar-refractivity contribution in [3.05, 3.63) is 28.0 Å². The molecule has 1 amide bonds. The van der Waals surface area contributed by atoms with Crippen LogP contribution in [-0.4, -0.2) is 43.7 Å². The highest BCUT2D eigenvalue weighted by Gasteiger charge is 2.22. The number of carbonyl (C=O) groups is 1. The second-order valence-corrected chi connectivity index (χ2v) is 6.30. The van der Waals surface area contributed by atoms with E-state index in [9.17, 15) is 9.59 Å². The monoisotopic (exact) mass is 307 g/mol. The molecule has 2 aromatic heterocycles. The van der Waals surface area contributed by atoms with Gasteiger partial charge >= 0.3 is 5.69 Å². The Kier molecular flexibility index (Phi) is 3.87. The Labute approximate surface area is 125 Å². The lowest BCUT2D eigenvalue weighted by Crippen LogP contribution is -2.42. The Morgan fingerprint density at radius 3 is 3.05 bits per heavy atom. The first-order valence-electron chi connectivity index (χ1n) is 6.99. The molecular weight excluding hydrogens is 290 g/mol. The highest BCUT2D eigenvalue weighted by molar-refractivity contribution is 7.12. The molecule has 7 nitrogen and oxygen atoms in total. The van der Waals surface area contributed by atoms with E-state index in [1.807, 2.05) is 16.3 Å². The molecule has 1 aliphatic heterocycles. The van der Waals surface area contributed by atoms with Crippen LogP contribution in [0.1, 0.15) is 19.8 Å². The lowest BCUT2D eigenvalue weighted by atomic mass is 10.0. The SMILES string of the molecule is C[C@H]1CCCN(C(=O)Cn2nnn(-c3cccs3)c2=O)C1. The van der Waals surface area contributed by atoms with E-state index in [4.69, 9.17) is 0 Å². The summed E-state index contributed by atoms with van der Waals surface area (Å²) < 4.78 is 2.35. The van der Waals surface area contributed by atoms with Crippen LogP contribution >= 0.6 is 11.3 Å². The molecule has 1 aliphatic rings. The van der Waals surface area contributed by atoms with E-state index in [0.29, 0.717) is 10.9 Å². The van der Waals surface area contributed by atoms with Gasteiger partial charge in [-0.2, -0.15) is 9.36 Å². The number of nitrogens with zero attached hydrogens (tertiary/aromatic N) is 5. The molecule has 2 aromatic rings. The first-order valence-corrected chi connectivity index (χ1v) is 7.87. The Morgan fingerprint density at radius 1 is 1.48 bits per heavy atom. The Morgan fingerprint density at radius 2 is 2.33 bits per heavy atom. The first-order chi connectivity index (χ1) is 10.1. The summed E-state index contributed by atoms with van der Waals surface area (Å²) in [5.74, 6) is 0.447. The minimum atomic E-state index is -0.379.